The van der Waals surface area contributed by atoms with Gasteiger partial charge in [0.25, 0.3) is 0 Å². The summed E-state index contributed by atoms with van der Waals surface area (Å²) in [5.74, 6) is 0.124. The molecule has 0 amide bonds. The van der Waals surface area contributed by atoms with Crippen LogP contribution in [0.3, 0.4) is 0 Å². The minimum atomic E-state index is -0.0299. The van der Waals surface area contributed by atoms with Crippen LogP contribution in [-0.4, -0.2) is 32.7 Å². The largest absolute Gasteiger partial charge is 0.411 e. The van der Waals surface area contributed by atoms with Crippen LogP contribution < -0.4 is 0 Å². The van der Waals surface area contributed by atoms with Crippen molar-refractivity contribution in [2.45, 2.75) is 45.7 Å². The van der Waals surface area contributed by atoms with E-state index in [2.05, 4.69) is 46.8 Å². The van der Waals surface area contributed by atoms with Crippen molar-refractivity contribution in [1.82, 2.24) is 9.47 Å². The van der Waals surface area contributed by atoms with Crippen LogP contribution >= 0.6 is 0 Å². The number of rotatable bonds is 0. The monoisotopic (exact) mass is 299 g/mol. The maximum absolute atomic E-state index is 12.6. The number of allylic oxidation sites excluding steroid dienone is 2. The van der Waals surface area contributed by atoms with Crippen molar-refractivity contribution in [1.29, 1.82) is 0 Å². The molecule has 0 unspecified atom stereocenters. The zero-order chi connectivity index (χ0) is 15.5. The minimum absolute atomic E-state index is 0.0299. The summed E-state index contributed by atoms with van der Waals surface area (Å²) in [5, 5.41) is 12.9. The first-order valence-corrected chi connectivity index (χ1v) is 7.89. The van der Waals surface area contributed by atoms with Crippen LogP contribution in [0, 0.1) is 5.41 Å². The topological polar surface area (TPSA) is 57.8 Å². The van der Waals surface area contributed by atoms with Crippen LogP contribution in [0.2, 0.25) is 0 Å². The molecule has 0 saturated carbocycles. The van der Waals surface area contributed by atoms with Gasteiger partial charge in [-0.15, -0.1) is 0 Å². The first-order chi connectivity index (χ1) is 10.5. The van der Waals surface area contributed by atoms with Gasteiger partial charge in [-0.25, -0.2) is 0 Å². The summed E-state index contributed by atoms with van der Waals surface area (Å²) in [5.41, 5.74) is 3.54. The van der Waals surface area contributed by atoms with E-state index in [1.165, 1.54) is 5.69 Å². The van der Waals surface area contributed by atoms with E-state index in [0.717, 1.165) is 25.2 Å². The molecule has 22 heavy (non-hydrogen) atoms. The molecule has 1 aromatic heterocycles. The Hall–Kier alpha value is -2.04. The molecular weight excluding hydrogens is 278 g/mol. The summed E-state index contributed by atoms with van der Waals surface area (Å²) in [6.45, 7) is 6.13. The van der Waals surface area contributed by atoms with Gasteiger partial charge in [-0.1, -0.05) is 19.0 Å². The van der Waals surface area contributed by atoms with E-state index in [9.17, 15) is 10.0 Å². The Morgan fingerprint density at radius 1 is 1.32 bits per heavy atom. The van der Waals surface area contributed by atoms with Crippen molar-refractivity contribution in [3.63, 3.8) is 0 Å². The number of nitrogens with zero attached hydrogens (tertiary/aromatic N) is 3. The molecule has 1 N–H and O–H groups in total. The molecule has 3 heterocycles. The average molecular weight is 299 g/mol. The minimum Gasteiger partial charge on any atom is -0.411 e. The smallest absolute Gasteiger partial charge is 0.167 e. The predicted octanol–water partition coefficient (Wildman–Crippen LogP) is 2.72. The third kappa shape index (κ3) is 1.84. The van der Waals surface area contributed by atoms with E-state index in [-0.39, 0.29) is 17.2 Å². The Balaban J connectivity index is 1.86. The third-order valence-corrected chi connectivity index (χ3v) is 5.16. The highest BCUT2D eigenvalue weighted by atomic mass is 16.4. The van der Waals surface area contributed by atoms with Crippen molar-refractivity contribution in [3.8, 4) is 0 Å². The number of hydrogen-bond donors (Lipinski definition) is 1. The fraction of sp³-hybridized carbons (Fsp3) is 0.529. The zero-order valence-corrected chi connectivity index (χ0v) is 13.0. The Morgan fingerprint density at radius 2 is 2.14 bits per heavy atom. The van der Waals surface area contributed by atoms with E-state index in [1.54, 1.807) is 0 Å². The van der Waals surface area contributed by atoms with Crippen LogP contribution in [0.15, 0.2) is 34.8 Å². The van der Waals surface area contributed by atoms with E-state index >= 15 is 0 Å². The average Bonchev–Trinajstić information content (AvgIpc) is 2.93. The van der Waals surface area contributed by atoms with Crippen LogP contribution in [-0.2, 0) is 11.3 Å². The summed E-state index contributed by atoms with van der Waals surface area (Å²) < 4.78 is 2.26. The molecular formula is C17H21N3O2. The van der Waals surface area contributed by atoms with Crippen LogP contribution in [0.1, 0.15) is 44.8 Å². The van der Waals surface area contributed by atoms with Crippen molar-refractivity contribution >= 4 is 11.5 Å². The fourth-order valence-electron chi connectivity index (χ4n) is 4.24. The van der Waals surface area contributed by atoms with Crippen LogP contribution in [0.25, 0.3) is 0 Å². The molecule has 3 aliphatic rings. The van der Waals surface area contributed by atoms with Crippen molar-refractivity contribution < 1.29 is 10.0 Å². The second-order valence-electron chi connectivity index (χ2n) is 7.35. The number of fused-ring (bicyclic) bond motifs is 4. The lowest BCUT2D eigenvalue weighted by atomic mass is 9.72. The molecule has 0 saturated heterocycles. The summed E-state index contributed by atoms with van der Waals surface area (Å²) >= 11 is 0. The molecule has 116 valence electrons. The van der Waals surface area contributed by atoms with E-state index < -0.39 is 0 Å². The zero-order valence-electron chi connectivity index (χ0n) is 13.0. The first kappa shape index (κ1) is 13.6. The van der Waals surface area contributed by atoms with Crippen LogP contribution in [0.4, 0.5) is 0 Å². The summed E-state index contributed by atoms with van der Waals surface area (Å²) in [7, 11) is 0. The Morgan fingerprint density at radius 3 is 2.91 bits per heavy atom. The second kappa shape index (κ2) is 4.48. The van der Waals surface area contributed by atoms with Crippen molar-refractivity contribution in [3.05, 3.63) is 35.3 Å². The number of carbonyl (C=O) groups excluding carboxylic acids is 1. The van der Waals surface area contributed by atoms with Gasteiger partial charge in [0.15, 0.2) is 5.78 Å². The predicted molar refractivity (Wildman–Crippen MR) is 82.8 cm³/mol. The van der Waals surface area contributed by atoms with E-state index in [4.69, 9.17) is 0 Å². The number of aromatic nitrogens is 1. The Bertz CT molecular complexity index is 711. The highest BCUT2D eigenvalue weighted by Gasteiger charge is 2.44. The molecule has 0 bridgehead atoms. The van der Waals surface area contributed by atoms with Crippen molar-refractivity contribution in [2.75, 3.05) is 6.54 Å². The molecule has 1 atom stereocenters. The molecule has 1 aromatic rings. The Labute approximate surface area is 129 Å². The first-order valence-electron chi connectivity index (χ1n) is 7.89. The number of ketones is 1. The molecule has 1 aliphatic carbocycles. The number of hydrogen-bond acceptors (Lipinski definition) is 4. The van der Waals surface area contributed by atoms with Gasteiger partial charge >= 0.3 is 0 Å². The van der Waals surface area contributed by atoms with E-state index in [1.807, 2.05) is 0 Å². The number of Topliss-reactive ketones (excluding diaryl/α,β-unsaturated/α-hetero) is 1. The maximum atomic E-state index is 12.6. The summed E-state index contributed by atoms with van der Waals surface area (Å²) in [6, 6.07) is 4.37. The quantitative estimate of drug-likeness (QED) is 0.592. The summed E-state index contributed by atoms with van der Waals surface area (Å²) in [4.78, 5) is 15.0. The second-order valence-corrected chi connectivity index (χ2v) is 7.35. The van der Waals surface area contributed by atoms with Gasteiger partial charge in [0, 0.05) is 43.5 Å². The highest BCUT2D eigenvalue weighted by Crippen LogP contribution is 2.46. The Kier molecular flexibility index (Phi) is 2.77. The van der Waals surface area contributed by atoms with Crippen molar-refractivity contribution in [2.24, 2.45) is 10.6 Å². The molecule has 0 spiro atoms. The van der Waals surface area contributed by atoms with Gasteiger partial charge in [-0.2, -0.15) is 0 Å². The van der Waals surface area contributed by atoms with Gasteiger partial charge in [-0.05, 0) is 24.0 Å². The molecule has 2 aliphatic heterocycles. The fourth-order valence-corrected chi connectivity index (χ4v) is 4.24. The summed E-state index contributed by atoms with van der Waals surface area (Å²) in [6.07, 6.45) is 4.10. The molecule has 0 fully saturated rings. The molecule has 0 aromatic carbocycles. The number of oxime groups is 1. The maximum Gasteiger partial charge on any atom is 0.167 e. The number of carbonyl (C=O) groups is 1. The van der Waals surface area contributed by atoms with Gasteiger partial charge < -0.3 is 14.7 Å². The lowest BCUT2D eigenvalue weighted by molar-refractivity contribution is -0.118. The van der Waals surface area contributed by atoms with E-state index in [0.29, 0.717) is 24.1 Å². The van der Waals surface area contributed by atoms with Gasteiger partial charge in [0.2, 0.25) is 0 Å². The van der Waals surface area contributed by atoms with Gasteiger partial charge in [-0.3, -0.25) is 4.79 Å². The van der Waals surface area contributed by atoms with Crippen LogP contribution in [0.5, 0.6) is 0 Å². The molecule has 0 radical (unpaired) electrons. The lowest BCUT2D eigenvalue weighted by Gasteiger charge is -2.47. The third-order valence-electron chi connectivity index (χ3n) is 5.16. The molecule has 5 heteroatoms. The normalized spacial score (nSPS) is 28.5. The lowest BCUT2D eigenvalue weighted by Crippen LogP contribution is -2.46. The SMILES string of the molecule is CC1(C)CC(=O)C2=C(C1)N1CCn3cccc3[C@H]1C/C2=N/O. The standard InChI is InChI=1S/C17H21N3O2/c1-17(2)9-14-16(15(21)10-17)11(18-22)8-13-12-4-3-5-19(12)6-7-20(13)14/h3-5,13,22H,6-10H2,1-2H3/b18-11-/t13-/m1/s1. The molecule has 4 rings (SSSR count). The van der Waals surface area contributed by atoms with Gasteiger partial charge in [0.05, 0.1) is 17.3 Å². The van der Waals surface area contributed by atoms with Gasteiger partial charge in [0.1, 0.15) is 0 Å². The highest BCUT2D eigenvalue weighted by molar-refractivity contribution is 6.24. The molecule has 5 nitrogen and oxygen atoms in total.